The van der Waals surface area contributed by atoms with Gasteiger partial charge >= 0.3 is 0 Å². The second kappa shape index (κ2) is 8.06. The molecule has 0 atom stereocenters. The van der Waals surface area contributed by atoms with Crippen LogP contribution in [0.3, 0.4) is 0 Å². The molecule has 4 rings (SSSR count). The number of aryl methyl sites for hydroxylation is 1. The number of halogens is 1. The van der Waals surface area contributed by atoms with E-state index < -0.39 is 0 Å². The molecule has 1 aliphatic rings. The average Bonchev–Trinajstić information content (AvgIpc) is 3.09. The SMILES string of the molecule is CCc1nn2c(=O)cc(CN3CCN(Cc4ccc(Cl)cc4)CC3)nc2s1. The lowest BCUT2D eigenvalue weighted by atomic mass is 10.2. The molecule has 0 unspecified atom stereocenters. The largest absolute Gasteiger partial charge is 0.297 e. The third kappa shape index (κ3) is 4.38. The van der Waals surface area contributed by atoms with Crippen molar-refractivity contribution in [2.24, 2.45) is 0 Å². The second-order valence-electron chi connectivity index (χ2n) is 6.81. The summed E-state index contributed by atoms with van der Waals surface area (Å²) in [6.45, 7) is 7.63. The van der Waals surface area contributed by atoms with Crippen molar-refractivity contribution in [2.45, 2.75) is 26.4 Å². The molecule has 1 aromatic carbocycles. The van der Waals surface area contributed by atoms with E-state index in [1.54, 1.807) is 6.07 Å². The van der Waals surface area contributed by atoms with Crippen molar-refractivity contribution in [3.63, 3.8) is 0 Å². The zero-order valence-electron chi connectivity index (χ0n) is 15.3. The van der Waals surface area contributed by atoms with Crippen LogP contribution in [0.5, 0.6) is 0 Å². The summed E-state index contributed by atoms with van der Waals surface area (Å²) in [5, 5.41) is 6.02. The number of hydrogen-bond donors (Lipinski definition) is 0. The molecule has 0 aliphatic carbocycles. The first-order chi connectivity index (χ1) is 13.1. The van der Waals surface area contributed by atoms with Crippen molar-refractivity contribution in [1.82, 2.24) is 24.4 Å². The maximum absolute atomic E-state index is 12.3. The third-order valence-electron chi connectivity index (χ3n) is 4.81. The van der Waals surface area contributed by atoms with Gasteiger partial charge in [-0.25, -0.2) is 4.98 Å². The van der Waals surface area contributed by atoms with Crippen LogP contribution in [0.25, 0.3) is 4.96 Å². The zero-order valence-corrected chi connectivity index (χ0v) is 16.8. The van der Waals surface area contributed by atoms with Crippen LogP contribution in [-0.4, -0.2) is 50.6 Å². The highest BCUT2D eigenvalue weighted by Crippen LogP contribution is 2.15. The van der Waals surface area contributed by atoms with Crippen LogP contribution in [0.2, 0.25) is 5.02 Å². The first-order valence-electron chi connectivity index (χ1n) is 9.18. The monoisotopic (exact) mass is 403 g/mol. The Bertz CT molecular complexity index is 976. The first-order valence-corrected chi connectivity index (χ1v) is 10.4. The van der Waals surface area contributed by atoms with Crippen LogP contribution in [0.1, 0.15) is 23.2 Å². The Labute approximate surface area is 167 Å². The lowest BCUT2D eigenvalue weighted by molar-refractivity contribution is 0.121. The maximum Gasteiger partial charge on any atom is 0.275 e. The fraction of sp³-hybridized carbons (Fsp3) is 0.421. The molecule has 8 heteroatoms. The van der Waals surface area contributed by atoms with E-state index in [0.717, 1.165) is 54.9 Å². The van der Waals surface area contributed by atoms with E-state index >= 15 is 0 Å². The molecular formula is C19H22ClN5OS. The summed E-state index contributed by atoms with van der Waals surface area (Å²) in [6, 6.07) is 9.67. The highest BCUT2D eigenvalue weighted by molar-refractivity contribution is 7.16. The molecule has 0 saturated carbocycles. The zero-order chi connectivity index (χ0) is 18.8. The molecule has 0 N–H and O–H groups in total. The summed E-state index contributed by atoms with van der Waals surface area (Å²) in [4.78, 5) is 22.4. The molecule has 142 valence electrons. The maximum atomic E-state index is 12.3. The minimum Gasteiger partial charge on any atom is -0.297 e. The van der Waals surface area contributed by atoms with Gasteiger partial charge in [0.2, 0.25) is 4.96 Å². The topological polar surface area (TPSA) is 53.7 Å². The standard InChI is InChI=1S/C19H22ClN5OS/c1-2-17-22-25-18(26)11-16(21-19(25)27-17)13-24-9-7-23(8-10-24)12-14-3-5-15(20)6-4-14/h3-6,11H,2,7-10,12-13H2,1H3. The predicted octanol–water partition coefficient (Wildman–Crippen LogP) is 2.68. The first kappa shape index (κ1) is 18.6. The fourth-order valence-electron chi connectivity index (χ4n) is 3.30. The van der Waals surface area contributed by atoms with Crippen molar-refractivity contribution in [1.29, 1.82) is 0 Å². The van der Waals surface area contributed by atoms with E-state index in [1.807, 2.05) is 19.1 Å². The van der Waals surface area contributed by atoms with Crippen molar-refractivity contribution in [3.05, 3.63) is 62.0 Å². The quantitative estimate of drug-likeness (QED) is 0.655. The van der Waals surface area contributed by atoms with E-state index in [-0.39, 0.29) is 5.56 Å². The number of benzene rings is 1. The van der Waals surface area contributed by atoms with Crippen molar-refractivity contribution in [2.75, 3.05) is 26.2 Å². The molecule has 3 aromatic rings. The van der Waals surface area contributed by atoms with Gasteiger partial charge in [0.05, 0.1) is 5.69 Å². The average molecular weight is 404 g/mol. The molecule has 2 aromatic heterocycles. The van der Waals surface area contributed by atoms with Gasteiger partial charge in [-0.15, -0.1) is 0 Å². The summed E-state index contributed by atoms with van der Waals surface area (Å²) in [7, 11) is 0. The smallest absolute Gasteiger partial charge is 0.275 e. The molecule has 0 bridgehead atoms. The Morgan fingerprint density at radius 2 is 1.74 bits per heavy atom. The van der Waals surface area contributed by atoms with Gasteiger partial charge in [-0.1, -0.05) is 42.0 Å². The van der Waals surface area contributed by atoms with Crippen molar-refractivity contribution >= 4 is 27.9 Å². The summed E-state index contributed by atoms with van der Waals surface area (Å²) < 4.78 is 1.41. The van der Waals surface area contributed by atoms with Crippen LogP contribution in [0, 0.1) is 0 Å². The Balaban J connectivity index is 1.37. The normalized spacial score (nSPS) is 16.2. The minimum atomic E-state index is -0.0904. The van der Waals surface area contributed by atoms with Gasteiger partial charge in [0.25, 0.3) is 5.56 Å². The van der Waals surface area contributed by atoms with Crippen molar-refractivity contribution < 1.29 is 0 Å². The van der Waals surface area contributed by atoms with Gasteiger partial charge in [0.15, 0.2) is 0 Å². The van der Waals surface area contributed by atoms with E-state index in [0.29, 0.717) is 11.5 Å². The molecule has 1 aliphatic heterocycles. The highest BCUT2D eigenvalue weighted by Gasteiger charge is 2.18. The molecule has 1 saturated heterocycles. The Morgan fingerprint density at radius 1 is 1.07 bits per heavy atom. The van der Waals surface area contributed by atoms with Gasteiger partial charge in [-0.3, -0.25) is 14.6 Å². The fourth-order valence-corrected chi connectivity index (χ4v) is 4.29. The number of fused-ring (bicyclic) bond motifs is 1. The Kier molecular flexibility index (Phi) is 5.54. The highest BCUT2D eigenvalue weighted by atomic mass is 35.5. The van der Waals surface area contributed by atoms with E-state index in [2.05, 4.69) is 32.0 Å². The summed E-state index contributed by atoms with van der Waals surface area (Å²) in [5.41, 5.74) is 2.02. The molecule has 6 nitrogen and oxygen atoms in total. The third-order valence-corrected chi connectivity index (χ3v) is 6.12. The van der Waals surface area contributed by atoms with Gasteiger partial charge in [0.1, 0.15) is 5.01 Å². The summed E-state index contributed by atoms with van der Waals surface area (Å²) >= 11 is 7.45. The minimum absolute atomic E-state index is 0.0904. The molecule has 1 fully saturated rings. The van der Waals surface area contributed by atoms with Gasteiger partial charge in [-0.2, -0.15) is 9.61 Å². The van der Waals surface area contributed by atoms with Crippen LogP contribution in [-0.2, 0) is 19.5 Å². The van der Waals surface area contributed by atoms with Crippen LogP contribution in [0.4, 0.5) is 0 Å². The van der Waals surface area contributed by atoms with Crippen LogP contribution < -0.4 is 5.56 Å². The lowest BCUT2D eigenvalue weighted by Gasteiger charge is -2.34. The molecule has 0 spiro atoms. The molecule has 0 amide bonds. The van der Waals surface area contributed by atoms with Gasteiger partial charge in [-0.05, 0) is 24.1 Å². The number of nitrogens with zero attached hydrogens (tertiary/aromatic N) is 5. The molecule has 27 heavy (non-hydrogen) atoms. The van der Waals surface area contributed by atoms with E-state index in [4.69, 9.17) is 11.6 Å². The predicted molar refractivity (Wildman–Crippen MR) is 109 cm³/mol. The second-order valence-corrected chi connectivity index (χ2v) is 8.29. The molecular weight excluding hydrogens is 382 g/mol. The van der Waals surface area contributed by atoms with Gasteiger partial charge < -0.3 is 0 Å². The lowest BCUT2D eigenvalue weighted by Crippen LogP contribution is -2.45. The Morgan fingerprint density at radius 3 is 2.41 bits per heavy atom. The van der Waals surface area contributed by atoms with Crippen LogP contribution >= 0.6 is 22.9 Å². The van der Waals surface area contributed by atoms with Crippen LogP contribution in [0.15, 0.2) is 35.1 Å². The van der Waals surface area contributed by atoms with E-state index in [9.17, 15) is 4.79 Å². The number of piperazine rings is 1. The molecule has 0 radical (unpaired) electrons. The summed E-state index contributed by atoms with van der Waals surface area (Å²) in [6.07, 6.45) is 0.818. The van der Waals surface area contributed by atoms with Gasteiger partial charge in [0, 0.05) is 50.4 Å². The molecule has 3 heterocycles. The summed E-state index contributed by atoms with van der Waals surface area (Å²) in [5.74, 6) is 0. The number of hydrogen-bond acceptors (Lipinski definition) is 6. The van der Waals surface area contributed by atoms with Crippen molar-refractivity contribution in [3.8, 4) is 0 Å². The Hall–Kier alpha value is -1.80. The van der Waals surface area contributed by atoms with E-state index in [1.165, 1.54) is 21.4 Å². The number of rotatable bonds is 5. The number of aromatic nitrogens is 3.